The number of unbranched alkanes of at least 4 members (excludes halogenated alkanes) is 2. The van der Waals surface area contributed by atoms with Gasteiger partial charge in [0.2, 0.25) is 0 Å². The Morgan fingerprint density at radius 2 is 1.30 bits per heavy atom. The van der Waals surface area contributed by atoms with Gasteiger partial charge in [0.05, 0.1) is 43.9 Å². The van der Waals surface area contributed by atoms with Crippen LogP contribution in [0.4, 0.5) is 0 Å². The van der Waals surface area contributed by atoms with Gasteiger partial charge in [0.1, 0.15) is 5.75 Å². The minimum absolute atomic E-state index is 0.131. The highest BCUT2D eigenvalue weighted by molar-refractivity contribution is 5.86. The minimum Gasteiger partial charge on any atom is -0.492 e. The lowest BCUT2D eigenvalue weighted by Gasteiger charge is -2.29. The fourth-order valence-corrected chi connectivity index (χ4v) is 6.14. The van der Waals surface area contributed by atoms with Crippen molar-refractivity contribution in [2.45, 2.75) is 113 Å². The third-order valence-corrected chi connectivity index (χ3v) is 9.95. The summed E-state index contributed by atoms with van der Waals surface area (Å²) in [6.07, 6.45) is 8.46. The van der Waals surface area contributed by atoms with Crippen molar-refractivity contribution in [3.05, 3.63) is 89.0 Å². The Hall–Kier alpha value is -3.94. The molecule has 0 aliphatic rings. The smallest absolute Gasteiger partial charge is 0.333 e. The number of hydrogen-bond acceptors (Lipinski definition) is 7. The maximum absolute atomic E-state index is 12.5. The number of carbonyl (C=O) groups excluding carboxylic acids is 2. The van der Waals surface area contributed by atoms with Gasteiger partial charge in [-0.25, -0.2) is 4.79 Å². The van der Waals surface area contributed by atoms with E-state index in [0.717, 1.165) is 35.1 Å². The predicted octanol–water partition coefficient (Wildman–Crippen LogP) is 9.65. The van der Waals surface area contributed by atoms with Crippen molar-refractivity contribution in [2.75, 3.05) is 33.0 Å². The van der Waals surface area contributed by atoms with Gasteiger partial charge in [0.25, 0.3) is 0 Å². The standard InChI is InChI=1S/C46H64O7/c1-9-12-13-16-34-19-21-36(22-20-34)37-23-24-41(35(10-2)27-37)40-28-38(17-14-25-51-43(49)33(4)5)42(53-32-46(11-3,30-47)31-48)39(29-40)18-15-26-52-44(50)45(6,7)8/h19-24,27-29,47-48H,4,9-18,25-26,30-32H2,1-3,5-8H3. The molecule has 0 spiro atoms. The Bertz CT molecular complexity index is 1620. The van der Waals surface area contributed by atoms with E-state index in [1.54, 1.807) is 6.92 Å². The lowest BCUT2D eigenvalue weighted by Crippen LogP contribution is -2.36. The molecule has 0 fully saturated rings. The van der Waals surface area contributed by atoms with E-state index in [9.17, 15) is 19.8 Å². The van der Waals surface area contributed by atoms with E-state index in [0.29, 0.717) is 43.4 Å². The summed E-state index contributed by atoms with van der Waals surface area (Å²) in [5.74, 6) is 0.0267. The first-order valence-corrected chi connectivity index (χ1v) is 19.5. The number of ether oxygens (including phenoxy) is 3. The van der Waals surface area contributed by atoms with Gasteiger partial charge in [0, 0.05) is 5.57 Å². The van der Waals surface area contributed by atoms with E-state index in [2.05, 4.69) is 75.0 Å². The first kappa shape index (κ1) is 43.5. The minimum atomic E-state index is -0.800. The zero-order valence-corrected chi connectivity index (χ0v) is 33.4. The average Bonchev–Trinajstić information content (AvgIpc) is 3.15. The Morgan fingerprint density at radius 1 is 0.717 bits per heavy atom. The number of aryl methyl sites for hydroxylation is 4. The van der Waals surface area contributed by atoms with E-state index >= 15 is 0 Å². The van der Waals surface area contributed by atoms with Gasteiger partial charge in [-0.15, -0.1) is 0 Å². The van der Waals surface area contributed by atoms with Crippen LogP contribution >= 0.6 is 0 Å². The van der Waals surface area contributed by atoms with Gasteiger partial charge >= 0.3 is 11.9 Å². The van der Waals surface area contributed by atoms with Crippen LogP contribution in [0.1, 0.15) is 109 Å². The normalized spacial score (nSPS) is 11.7. The van der Waals surface area contributed by atoms with Crippen molar-refractivity contribution < 1.29 is 34.0 Å². The number of aliphatic hydroxyl groups excluding tert-OH is 2. The Balaban J connectivity index is 2.06. The molecule has 3 aromatic carbocycles. The van der Waals surface area contributed by atoms with Gasteiger partial charge in [-0.3, -0.25) is 4.79 Å². The molecule has 2 N–H and O–H groups in total. The molecular weight excluding hydrogens is 664 g/mol. The first-order chi connectivity index (χ1) is 25.3. The maximum atomic E-state index is 12.5. The van der Waals surface area contributed by atoms with E-state index in [-0.39, 0.29) is 39.0 Å². The summed E-state index contributed by atoms with van der Waals surface area (Å²) >= 11 is 0. The molecule has 53 heavy (non-hydrogen) atoms. The summed E-state index contributed by atoms with van der Waals surface area (Å²) in [7, 11) is 0. The van der Waals surface area contributed by atoms with E-state index in [4.69, 9.17) is 14.2 Å². The van der Waals surface area contributed by atoms with Crippen molar-refractivity contribution in [2.24, 2.45) is 10.8 Å². The third-order valence-electron chi connectivity index (χ3n) is 9.95. The van der Waals surface area contributed by atoms with Crippen LogP contribution in [0.5, 0.6) is 5.75 Å². The van der Waals surface area contributed by atoms with Crippen LogP contribution in [0.3, 0.4) is 0 Å². The summed E-state index contributed by atoms with van der Waals surface area (Å²) in [4.78, 5) is 24.6. The summed E-state index contributed by atoms with van der Waals surface area (Å²) < 4.78 is 17.6. The van der Waals surface area contributed by atoms with Crippen LogP contribution in [0, 0.1) is 10.8 Å². The summed E-state index contributed by atoms with van der Waals surface area (Å²) in [6.45, 7) is 17.4. The quantitative estimate of drug-likeness (QED) is 0.0604. The number of carbonyl (C=O) groups is 2. The molecule has 7 heteroatoms. The molecule has 3 rings (SSSR count). The summed E-state index contributed by atoms with van der Waals surface area (Å²) in [5.41, 5.74) is 8.00. The molecule has 0 atom stereocenters. The van der Waals surface area contributed by atoms with Crippen molar-refractivity contribution in [1.29, 1.82) is 0 Å². The Morgan fingerprint density at radius 3 is 1.83 bits per heavy atom. The molecular formula is C46H64O7. The molecule has 0 aliphatic carbocycles. The SMILES string of the molecule is C=C(C)C(=O)OCCCc1cc(-c2ccc(-c3ccc(CCCCC)cc3)cc2CC)cc(CCCOC(=O)C(C)(C)C)c1OCC(CC)(CO)CO. The van der Waals surface area contributed by atoms with Crippen LogP contribution < -0.4 is 4.74 Å². The van der Waals surface area contributed by atoms with Gasteiger partial charge in [-0.05, 0) is 136 Å². The van der Waals surface area contributed by atoms with Crippen molar-refractivity contribution >= 4 is 11.9 Å². The number of aliphatic hydroxyl groups is 2. The number of esters is 2. The summed E-state index contributed by atoms with van der Waals surface area (Å²) in [6, 6.07) is 19.9. The van der Waals surface area contributed by atoms with Gasteiger partial charge in [-0.1, -0.05) is 82.7 Å². The second-order valence-corrected chi connectivity index (χ2v) is 15.5. The largest absolute Gasteiger partial charge is 0.492 e. The second kappa shape index (κ2) is 21.1. The predicted molar refractivity (Wildman–Crippen MR) is 215 cm³/mol. The molecule has 0 amide bonds. The van der Waals surface area contributed by atoms with Crippen molar-refractivity contribution in [1.82, 2.24) is 0 Å². The highest BCUT2D eigenvalue weighted by Gasteiger charge is 2.29. The molecule has 0 saturated carbocycles. The molecule has 7 nitrogen and oxygen atoms in total. The molecule has 0 radical (unpaired) electrons. The molecule has 0 saturated heterocycles. The maximum Gasteiger partial charge on any atom is 0.333 e. The van der Waals surface area contributed by atoms with Gasteiger partial charge in [-0.2, -0.15) is 0 Å². The molecule has 0 bridgehead atoms. The van der Waals surface area contributed by atoms with Gasteiger partial charge < -0.3 is 24.4 Å². The zero-order valence-electron chi connectivity index (χ0n) is 33.4. The van der Waals surface area contributed by atoms with E-state index < -0.39 is 16.8 Å². The first-order valence-electron chi connectivity index (χ1n) is 19.5. The molecule has 0 aromatic heterocycles. The van der Waals surface area contributed by atoms with E-state index in [1.807, 2.05) is 27.7 Å². The lowest BCUT2D eigenvalue weighted by atomic mass is 9.87. The van der Waals surface area contributed by atoms with E-state index in [1.165, 1.54) is 41.5 Å². The fourth-order valence-electron chi connectivity index (χ4n) is 6.14. The van der Waals surface area contributed by atoms with Crippen LogP contribution in [0.15, 0.2) is 66.7 Å². The zero-order chi connectivity index (χ0) is 39.0. The van der Waals surface area contributed by atoms with Gasteiger partial charge in [0.15, 0.2) is 0 Å². The number of benzene rings is 3. The number of rotatable bonds is 22. The van der Waals surface area contributed by atoms with Crippen LogP contribution in [0.25, 0.3) is 22.3 Å². The van der Waals surface area contributed by atoms with Crippen molar-refractivity contribution in [3.8, 4) is 28.0 Å². The highest BCUT2D eigenvalue weighted by Crippen LogP contribution is 2.37. The fraction of sp³-hybridized carbons (Fsp3) is 0.522. The Labute approximate surface area is 318 Å². The van der Waals surface area contributed by atoms with Crippen LogP contribution in [0.2, 0.25) is 0 Å². The third kappa shape index (κ3) is 12.9. The van der Waals surface area contributed by atoms with Crippen LogP contribution in [-0.4, -0.2) is 55.2 Å². The highest BCUT2D eigenvalue weighted by atomic mass is 16.5. The lowest BCUT2D eigenvalue weighted by molar-refractivity contribution is -0.153. The summed E-state index contributed by atoms with van der Waals surface area (Å²) in [5, 5.41) is 20.4. The molecule has 0 heterocycles. The topological polar surface area (TPSA) is 102 Å². The Kier molecular flexibility index (Phi) is 17.3. The van der Waals surface area contributed by atoms with Crippen LogP contribution in [-0.2, 0) is 44.7 Å². The number of hydrogen-bond donors (Lipinski definition) is 2. The molecule has 0 aliphatic heterocycles. The average molecular weight is 729 g/mol. The monoisotopic (exact) mass is 728 g/mol. The molecule has 0 unspecified atom stereocenters. The van der Waals surface area contributed by atoms with Crippen molar-refractivity contribution in [3.63, 3.8) is 0 Å². The molecule has 290 valence electrons. The second-order valence-electron chi connectivity index (χ2n) is 15.5. The molecule has 3 aromatic rings.